The van der Waals surface area contributed by atoms with E-state index >= 15 is 0 Å². The SMILES string of the molecule is CN(C)c1ccc(/C=C(\C#N)C(=O)OCC(=O)NCC23CC4CC(CC(C4)C2)C3)cc1. The number of carbonyl (C=O) groups excluding carboxylic acids is 2. The number of amides is 1. The maximum absolute atomic E-state index is 12.3. The average molecular weight is 422 g/mol. The van der Waals surface area contributed by atoms with Gasteiger partial charge in [0.15, 0.2) is 6.61 Å². The van der Waals surface area contributed by atoms with Crippen LogP contribution < -0.4 is 10.2 Å². The molecule has 0 spiro atoms. The average Bonchev–Trinajstić information content (AvgIpc) is 2.74. The molecule has 0 unspecified atom stereocenters. The molecule has 1 aromatic carbocycles. The summed E-state index contributed by atoms with van der Waals surface area (Å²) in [6.07, 6.45) is 9.23. The van der Waals surface area contributed by atoms with Crippen molar-refractivity contribution in [2.75, 3.05) is 32.1 Å². The highest BCUT2D eigenvalue weighted by Crippen LogP contribution is 2.59. The molecule has 0 heterocycles. The summed E-state index contributed by atoms with van der Waals surface area (Å²) < 4.78 is 5.11. The minimum Gasteiger partial charge on any atom is -0.451 e. The second-order valence-electron chi connectivity index (χ2n) is 9.93. The van der Waals surface area contributed by atoms with E-state index in [1.807, 2.05) is 49.3 Å². The Bertz CT molecular complexity index is 876. The van der Waals surface area contributed by atoms with Crippen LogP contribution in [-0.2, 0) is 14.3 Å². The summed E-state index contributed by atoms with van der Waals surface area (Å²) in [5.74, 6) is 1.42. The van der Waals surface area contributed by atoms with Crippen molar-refractivity contribution in [2.45, 2.75) is 38.5 Å². The van der Waals surface area contributed by atoms with E-state index in [1.54, 1.807) is 0 Å². The van der Waals surface area contributed by atoms with Crippen molar-refractivity contribution in [1.29, 1.82) is 5.26 Å². The van der Waals surface area contributed by atoms with E-state index in [4.69, 9.17) is 4.74 Å². The zero-order valence-electron chi connectivity index (χ0n) is 18.4. The molecule has 4 aliphatic carbocycles. The Morgan fingerprint density at radius 2 is 1.71 bits per heavy atom. The third kappa shape index (κ3) is 4.92. The number of hydrogen-bond acceptors (Lipinski definition) is 5. The van der Waals surface area contributed by atoms with Gasteiger partial charge >= 0.3 is 5.97 Å². The van der Waals surface area contributed by atoms with Gasteiger partial charge in [0.2, 0.25) is 0 Å². The quantitative estimate of drug-likeness (QED) is 0.414. The number of rotatable bonds is 7. The summed E-state index contributed by atoms with van der Waals surface area (Å²) >= 11 is 0. The normalized spacial score (nSPS) is 28.7. The number of nitriles is 1. The number of nitrogens with one attached hydrogen (secondary N) is 1. The van der Waals surface area contributed by atoms with Crippen LogP contribution >= 0.6 is 0 Å². The molecule has 4 bridgehead atoms. The molecular formula is C25H31N3O3. The Balaban J connectivity index is 1.27. The van der Waals surface area contributed by atoms with Gasteiger partial charge in [-0.05, 0) is 85.5 Å². The molecule has 4 saturated carbocycles. The molecule has 4 aliphatic rings. The van der Waals surface area contributed by atoms with Crippen molar-refractivity contribution in [3.05, 3.63) is 35.4 Å². The maximum atomic E-state index is 12.3. The summed E-state index contributed by atoms with van der Waals surface area (Å²) in [5.41, 5.74) is 1.87. The molecule has 1 N–H and O–H groups in total. The predicted octanol–water partition coefficient (Wildman–Crippen LogP) is 3.54. The van der Waals surface area contributed by atoms with E-state index in [-0.39, 0.29) is 23.5 Å². The Labute approximate surface area is 184 Å². The van der Waals surface area contributed by atoms with E-state index in [0.717, 1.165) is 29.0 Å². The van der Waals surface area contributed by atoms with Gasteiger partial charge in [-0.1, -0.05) is 12.1 Å². The van der Waals surface area contributed by atoms with E-state index in [2.05, 4.69) is 5.32 Å². The van der Waals surface area contributed by atoms with Gasteiger partial charge in [0.1, 0.15) is 11.6 Å². The minimum atomic E-state index is -0.774. The zero-order chi connectivity index (χ0) is 22.0. The van der Waals surface area contributed by atoms with Crippen LogP contribution in [0, 0.1) is 34.5 Å². The molecule has 6 nitrogen and oxygen atoms in total. The topological polar surface area (TPSA) is 82.4 Å². The molecular weight excluding hydrogens is 390 g/mol. The Morgan fingerprint density at radius 1 is 1.13 bits per heavy atom. The monoisotopic (exact) mass is 421 g/mol. The molecule has 1 amide bonds. The zero-order valence-corrected chi connectivity index (χ0v) is 18.4. The summed E-state index contributed by atoms with van der Waals surface area (Å²) in [7, 11) is 3.88. The number of ether oxygens (including phenoxy) is 1. The van der Waals surface area contributed by atoms with E-state index in [0.29, 0.717) is 6.54 Å². The Hall–Kier alpha value is -2.81. The predicted molar refractivity (Wildman–Crippen MR) is 119 cm³/mol. The summed E-state index contributed by atoms with van der Waals surface area (Å²) in [5, 5.41) is 12.3. The largest absolute Gasteiger partial charge is 0.451 e. The van der Waals surface area contributed by atoms with Crippen molar-refractivity contribution in [1.82, 2.24) is 5.32 Å². The molecule has 0 aliphatic heterocycles. The molecule has 0 radical (unpaired) electrons. The molecule has 0 saturated heterocycles. The lowest BCUT2D eigenvalue weighted by Gasteiger charge is -2.56. The first-order chi connectivity index (χ1) is 14.9. The fourth-order valence-corrected chi connectivity index (χ4v) is 6.22. The number of hydrogen-bond donors (Lipinski definition) is 1. The van der Waals surface area contributed by atoms with Crippen molar-refractivity contribution >= 4 is 23.6 Å². The number of esters is 1. The van der Waals surface area contributed by atoms with Gasteiger partial charge in [-0.15, -0.1) is 0 Å². The summed E-state index contributed by atoms with van der Waals surface area (Å²) in [6, 6.07) is 9.35. The molecule has 164 valence electrons. The molecule has 5 rings (SSSR count). The van der Waals surface area contributed by atoms with Crippen molar-refractivity contribution in [3.8, 4) is 6.07 Å². The standard InChI is InChI=1S/C25H31N3O3/c1-28(2)22-5-3-17(4-6-22)10-21(14-26)24(30)31-15-23(29)27-16-25-11-18-7-19(12-25)9-20(8-18)13-25/h3-6,10,18-20H,7-9,11-13,15-16H2,1-2H3,(H,27,29)/b21-10+. The van der Waals surface area contributed by atoms with Crippen molar-refractivity contribution < 1.29 is 14.3 Å². The van der Waals surface area contributed by atoms with Crippen molar-refractivity contribution in [2.24, 2.45) is 23.2 Å². The fourth-order valence-electron chi connectivity index (χ4n) is 6.22. The lowest BCUT2D eigenvalue weighted by atomic mass is 9.49. The number of anilines is 1. The lowest BCUT2D eigenvalue weighted by Crippen LogP contribution is -2.51. The summed E-state index contributed by atoms with van der Waals surface area (Å²) in [6.45, 7) is 0.315. The van der Waals surface area contributed by atoms with Gasteiger partial charge in [0, 0.05) is 26.3 Å². The van der Waals surface area contributed by atoms with Crippen LogP contribution in [0.15, 0.2) is 29.8 Å². The number of carbonyl (C=O) groups is 2. The first kappa shape index (κ1) is 21.4. The van der Waals surface area contributed by atoms with Crippen LogP contribution in [0.1, 0.15) is 44.1 Å². The minimum absolute atomic E-state index is 0.119. The van der Waals surface area contributed by atoms with Gasteiger partial charge in [0.05, 0.1) is 0 Å². The Morgan fingerprint density at radius 3 is 2.23 bits per heavy atom. The lowest BCUT2D eigenvalue weighted by molar-refractivity contribution is -0.144. The second-order valence-corrected chi connectivity index (χ2v) is 9.93. The van der Waals surface area contributed by atoms with Gasteiger partial charge in [-0.25, -0.2) is 4.79 Å². The Kier molecular flexibility index (Phi) is 6.04. The highest BCUT2D eigenvalue weighted by atomic mass is 16.5. The first-order valence-electron chi connectivity index (χ1n) is 11.2. The number of nitrogens with zero attached hydrogens (tertiary/aromatic N) is 2. The molecule has 31 heavy (non-hydrogen) atoms. The highest BCUT2D eigenvalue weighted by molar-refractivity contribution is 5.98. The number of benzene rings is 1. The molecule has 1 aromatic rings. The van der Waals surface area contributed by atoms with Gasteiger partial charge in [0.25, 0.3) is 5.91 Å². The van der Waals surface area contributed by atoms with Crippen LogP contribution in [0.5, 0.6) is 0 Å². The molecule has 0 aromatic heterocycles. The first-order valence-corrected chi connectivity index (χ1v) is 11.2. The van der Waals surface area contributed by atoms with Crippen LogP contribution in [-0.4, -0.2) is 39.1 Å². The van der Waals surface area contributed by atoms with Gasteiger partial charge in [-0.3, -0.25) is 4.79 Å². The van der Waals surface area contributed by atoms with Crippen LogP contribution in [0.3, 0.4) is 0 Å². The van der Waals surface area contributed by atoms with E-state index in [1.165, 1.54) is 44.6 Å². The highest BCUT2D eigenvalue weighted by Gasteiger charge is 2.50. The van der Waals surface area contributed by atoms with E-state index < -0.39 is 5.97 Å². The molecule has 0 atom stereocenters. The third-order valence-corrected chi connectivity index (χ3v) is 7.22. The second kappa shape index (κ2) is 8.74. The smallest absolute Gasteiger partial charge is 0.349 e. The van der Waals surface area contributed by atoms with Gasteiger partial charge in [-0.2, -0.15) is 5.26 Å². The van der Waals surface area contributed by atoms with E-state index in [9.17, 15) is 14.9 Å². The van der Waals surface area contributed by atoms with Crippen molar-refractivity contribution in [3.63, 3.8) is 0 Å². The maximum Gasteiger partial charge on any atom is 0.349 e. The summed E-state index contributed by atoms with van der Waals surface area (Å²) in [4.78, 5) is 26.6. The van der Waals surface area contributed by atoms with Crippen LogP contribution in [0.4, 0.5) is 5.69 Å². The molecule has 4 fully saturated rings. The fraction of sp³-hybridized carbons (Fsp3) is 0.560. The van der Waals surface area contributed by atoms with Crippen LogP contribution in [0.2, 0.25) is 0 Å². The van der Waals surface area contributed by atoms with Crippen LogP contribution in [0.25, 0.3) is 6.08 Å². The third-order valence-electron chi connectivity index (χ3n) is 7.22. The molecule has 6 heteroatoms. The van der Waals surface area contributed by atoms with Gasteiger partial charge < -0.3 is 15.0 Å².